The standard InChI is InChI=1S/C16H23NO/c1-4-15-7-5-6-10-17(15)16(18)14-9-8-12(2)13(3)11-14/h8-9,11,15H,4-7,10H2,1-3H3/t15-/m1/s1. The summed E-state index contributed by atoms with van der Waals surface area (Å²) in [6.45, 7) is 7.25. The highest BCUT2D eigenvalue weighted by Gasteiger charge is 2.26. The highest BCUT2D eigenvalue weighted by atomic mass is 16.2. The van der Waals surface area contributed by atoms with Crippen molar-refractivity contribution in [1.29, 1.82) is 0 Å². The predicted octanol–water partition coefficient (Wildman–Crippen LogP) is 3.71. The Kier molecular flexibility index (Phi) is 4.05. The van der Waals surface area contributed by atoms with E-state index in [1.165, 1.54) is 17.5 Å². The van der Waals surface area contributed by atoms with Crippen LogP contribution in [0.5, 0.6) is 0 Å². The number of aryl methyl sites for hydroxylation is 2. The Bertz CT molecular complexity index is 439. The van der Waals surface area contributed by atoms with E-state index >= 15 is 0 Å². The predicted molar refractivity (Wildman–Crippen MR) is 74.9 cm³/mol. The fraction of sp³-hybridized carbons (Fsp3) is 0.562. The second kappa shape index (κ2) is 5.55. The smallest absolute Gasteiger partial charge is 0.254 e. The zero-order valence-corrected chi connectivity index (χ0v) is 11.7. The molecule has 98 valence electrons. The van der Waals surface area contributed by atoms with Gasteiger partial charge in [0.1, 0.15) is 0 Å². The van der Waals surface area contributed by atoms with Crippen LogP contribution in [-0.2, 0) is 0 Å². The molecule has 0 aromatic heterocycles. The van der Waals surface area contributed by atoms with Crippen LogP contribution in [-0.4, -0.2) is 23.4 Å². The molecule has 0 bridgehead atoms. The van der Waals surface area contributed by atoms with Crippen LogP contribution in [0.3, 0.4) is 0 Å². The van der Waals surface area contributed by atoms with Gasteiger partial charge in [-0.05, 0) is 62.8 Å². The molecule has 0 unspecified atom stereocenters. The first-order valence-corrected chi connectivity index (χ1v) is 7.01. The van der Waals surface area contributed by atoms with Crippen molar-refractivity contribution < 1.29 is 4.79 Å². The van der Waals surface area contributed by atoms with Gasteiger partial charge in [0, 0.05) is 18.2 Å². The molecule has 1 heterocycles. The summed E-state index contributed by atoms with van der Waals surface area (Å²) in [6, 6.07) is 6.48. The summed E-state index contributed by atoms with van der Waals surface area (Å²) in [7, 11) is 0. The monoisotopic (exact) mass is 245 g/mol. The van der Waals surface area contributed by atoms with E-state index < -0.39 is 0 Å². The number of carbonyl (C=O) groups is 1. The summed E-state index contributed by atoms with van der Waals surface area (Å²) >= 11 is 0. The molecule has 1 aromatic rings. The van der Waals surface area contributed by atoms with Gasteiger partial charge in [-0.1, -0.05) is 13.0 Å². The number of amides is 1. The average Bonchev–Trinajstić information content (AvgIpc) is 2.41. The van der Waals surface area contributed by atoms with Crippen LogP contribution in [0, 0.1) is 13.8 Å². The van der Waals surface area contributed by atoms with E-state index in [-0.39, 0.29) is 5.91 Å². The molecule has 0 saturated carbocycles. The topological polar surface area (TPSA) is 20.3 Å². The number of nitrogens with zero attached hydrogens (tertiary/aromatic N) is 1. The van der Waals surface area contributed by atoms with Gasteiger partial charge in [-0.2, -0.15) is 0 Å². The van der Waals surface area contributed by atoms with Gasteiger partial charge >= 0.3 is 0 Å². The van der Waals surface area contributed by atoms with Crippen LogP contribution in [0.4, 0.5) is 0 Å². The maximum absolute atomic E-state index is 12.6. The minimum absolute atomic E-state index is 0.213. The molecule has 18 heavy (non-hydrogen) atoms. The lowest BCUT2D eigenvalue weighted by Gasteiger charge is -2.35. The minimum atomic E-state index is 0.213. The van der Waals surface area contributed by atoms with Gasteiger partial charge < -0.3 is 4.90 Å². The number of benzene rings is 1. The summed E-state index contributed by atoms with van der Waals surface area (Å²) in [4.78, 5) is 14.6. The molecule has 1 aromatic carbocycles. The van der Waals surface area contributed by atoms with Gasteiger partial charge in [-0.3, -0.25) is 4.79 Å². The van der Waals surface area contributed by atoms with Crippen LogP contribution in [0.2, 0.25) is 0 Å². The molecule has 0 spiro atoms. The summed E-state index contributed by atoms with van der Waals surface area (Å²) in [5.41, 5.74) is 3.29. The van der Waals surface area contributed by atoms with E-state index in [0.717, 1.165) is 31.4 Å². The first-order valence-electron chi connectivity index (χ1n) is 7.01. The molecule has 0 radical (unpaired) electrons. The lowest BCUT2D eigenvalue weighted by molar-refractivity contribution is 0.0608. The van der Waals surface area contributed by atoms with Crippen molar-refractivity contribution in [2.45, 2.75) is 52.5 Å². The van der Waals surface area contributed by atoms with E-state index in [2.05, 4.69) is 25.7 Å². The third kappa shape index (κ3) is 2.58. The van der Waals surface area contributed by atoms with Crippen molar-refractivity contribution in [2.24, 2.45) is 0 Å². The number of rotatable bonds is 2. The number of carbonyl (C=O) groups excluding carboxylic acids is 1. The third-order valence-electron chi connectivity index (χ3n) is 4.11. The van der Waals surface area contributed by atoms with Crippen LogP contribution >= 0.6 is 0 Å². The maximum atomic E-state index is 12.6. The number of likely N-dealkylation sites (tertiary alicyclic amines) is 1. The fourth-order valence-corrected chi connectivity index (χ4v) is 2.73. The molecular weight excluding hydrogens is 222 g/mol. The number of piperidine rings is 1. The molecule has 1 atom stereocenters. The van der Waals surface area contributed by atoms with Crippen molar-refractivity contribution in [1.82, 2.24) is 4.90 Å². The maximum Gasteiger partial charge on any atom is 0.254 e. The lowest BCUT2D eigenvalue weighted by atomic mass is 9.98. The number of hydrogen-bond acceptors (Lipinski definition) is 1. The van der Waals surface area contributed by atoms with Crippen LogP contribution in [0.25, 0.3) is 0 Å². The molecule has 1 aliphatic rings. The van der Waals surface area contributed by atoms with E-state index in [1.807, 2.05) is 18.2 Å². The Hall–Kier alpha value is -1.31. The highest BCUT2D eigenvalue weighted by molar-refractivity contribution is 5.94. The molecule has 1 saturated heterocycles. The van der Waals surface area contributed by atoms with Crippen molar-refractivity contribution in [3.63, 3.8) is 0 Å². The summed E-state index contributed by atoms with van der Waals surface area (Å²) < 4.78 is 0. The minimum Gasteiger partial charge on any atom is -0.336 e. The third-order valence-corrected chi connectivity index (χ3v) is 4.11. The number of hydrogen-bond donors (Lipinski definition) is 0. The molecule has 0 N–H and O–H groups in total. The normalized spacial score (nSPS) is 19.9. The Labute approximate surface area is 110 Å². The van der Waals surface area contributed by atoms with E-state index in [4.69, 9.17) is 0 Å². The molecule has 1 amide bonds. The second-order valence-electron chi connectivity index (χ2n) is 5.36. The Morgan fingerprint density at radius 1 is 1.28 bits per heavy atom. The van der Waals surface area contributed by atoms with Crippen molar-refractivity contribution in [2.75, 3.05) is 6.54 Å². The summed E-state index contributed by atoms with van der Waals surface area (Å²) in [6.07, 6.45) is 4.63. The average molecular weight is 245 g/mol. The highest BCUT2D eigenvalue weighted by Crippen LogP contribution is 2.22. The quantitative estimate of drug-likeness (QED) is 0.778. The van der Waals surface area contributed by atoms with Gasteiger partial charge in [0.25, 0.3) is 5.91 Å². The van der Waals surface area contributed by atoms with E-state index in [1.54, 1.807) is 0 Å². The first-order chi connectivity index (χ1) is 8.63. The molecular formula is C16H23NO. The van der Waals surface area contributed by atoms with Crippen molar-refractivity contribution >= 4 is 5.91 Å². The van der Waals surface area contributed by atoms with Crippen LogP contribution < -0.4 is 0 Å². The molecule has 2 nitrogen and oxygen atoms in total. The van der Waals surface area contributed by atoms with Gasteiger partial charge in [0.15, 0.2) is 0 Å². The SMILES string of the molecule is CC[C@@H]1CCCCN1C(=O)c1ccc(C)c(C)c1. The largest absolute Gasteiger partial charge is 0.336 e. The Balaban J connectivity index is 2.21. The van der Waals surface area contributed by atoms with Gasteiger partial charge in [0.05, 0.1) is 0 Å². The molecule has 0 aliphatic carbocycles. The second-order valence-corrected chi connectivity index (χ2v) is 5.36. The zero-order valence-electron chi connectivity index (χ0n) is 11.7. The zero-order chi connectivity index (χ0) is 13.1. The molecule has 1 fully saturated rings. The Morgan fingerprint density at radius 2 is 2.06 bits per heavy atom. The van der Waals surface area contributed by atoms with Crippen LogP contribution in [0.15, 0.2) is 18.2 Å². The van der Waals surface area contributed by atoms with Crippen LogP contribution in [0.1, 0.15) is 54.1 Å². The molecule has 2 rings (SSSR count). The molecule has 2 heteroatoms. The lowest BCUT2D eigenvalue weighted by Crippen LogP contribution is -2.43. The Morgan fingerprint density at radius 3 is 2.72 bits per heavy atom. The first kappa shape index (κ1) is 13.1. The summed E-state index contributed by atoms with van der Waals surface area (Å²) in [5, 5.41) is 0. The fourth-order valence-electron chi connectivity index (χ4n) is 2.73. The van der Waals surface area contributed by atoms with Gasteiger partial charge in [0.2, 0.25) is 0 Å². The van der Waals surface area contributed by atoms with Crippen molar-refractivity contribution in [3.8, 4) is 0 Å². The van der Waals surface area contributed by atoms with E-state index in [9.17, 15) is 4.79 Å². The molecule has 1 aliphatic heterocycles. The van der Waals surface area contributed by atoms with Gasteiger partial charge in [-0.25, -0.2) is 0 Å². The van der Waals surface area contributed by atoms with Crippen molar-refractivity contribution in [3.05, 3.63) is 34.9 Å². The summed E-state index contributed by atoms with van der Waals surface area (Å²) in [5.74, 6) is 0.213. The van der Waals surface area contributed by atoms with E-state index in [0.29, 0.717) is 6.04 Å². The van der Waals surface area contributed by atoms with Gasteiger partial charge in [-0.15, -0.1) is 0 Å².